The third-order valence-electron chi connectivity index (χ3n) is 4.78. The second-order valence-corrected chi connectivity index (χ2v) is 9.68. The first kappa shape index (κ1) is 23.1. The normalized spacial score (nSPS) is 11.3. The van der Waals surface area contributed by atoms with Gasteiger partial charge in [0.25, 0.3) is 0 Å². The lowest BCUT2D eigenvalue weighted by molar-refractivity contribution is 0.0945. The van der Waals surface area contributed by atoms with Gasteiger partial charge in [-0.15, -0.1) is 22.7 Å². The lowest BCUT2D eigenvalue weighted by Crippen LogP contribution is -2.03. The number of hydrogen-bond acceptors (Lipinski definition) is 6. The molecule has 0 radical (unpaired) electrons. The minimum absolute atomic E-state index is 0.0642. The van der Waals surface area contributed by atoms with Crippen LogP contribution in [0.4, 0.5) is 0 Å². The third kappa shape index (κ3) is 6.23. The van der Waals surface area contributed by atoms with Crippen molar-refractivity contribution in [2.45, 2.75) is 26.7 Å². The number of benzene rings is 1. The quantitative estimate of drug-likeness (QED) is 0.390. The lowest BCUT2D eigenvalue weighted by atomic mass is 10.0. The number of ether oxygens (including phenoxy) is 2. The number of aryl methyl sites for hydroxylation is 2. The summed E-state index contributed by atoms with van der Waals surface area (Å²) >= 11 is 3.63. The first-order valence-electron chi connectivity index (χ1n) is 10.3. The molecule has 3 rings (SSSR count). The maximum absolute atomic E-state index is 8.87. The van der Waals surface area contributed by atoms with Crippen molar-refractivity contribution in [2.75, 3.05) is 39.6 Å². The van der Waals surface area contributed by atoms with Gasteiger partial charge in [0.1, 0.15) is 0 Å². The van der Waals surface area contributed by atoms with Crippen LogP contribution in [-0.2, 0) is 22.3 Å². The summed E-state index contributed by atoms with van der Waals surface area (Å²) in [7, 11) is 0. The summed E-state index contributed by atoms with van der Waals surface area (Å²) in [5.74, 6) is 0. The molecule has 0 aliphatic rings. The molecule has 6 heteroatoms. The van der Waals surface area contributed by atoms with Crippen molar-refractivity contribution < 1.29 is 19.7 Å². The van der Waals surface area contributed by atoms with Crippen LogP contribution in [0.25, 0.3) is 20.9 Å². The van der Waals surface area contributed by atoms with Crippen molar-refractivity contribution >= 4 is 22.7 Å². The molecule has 0 aliphatic carbocycles. The molecule has 0 saturated heterocycles. The predicted octanol–water partition coefficient (Wildman–Crippen LogP) is 4.86. The van der Waals surface area contributed by atoms with E-state index in [1.807, 2.05) is 22.7 Å². The van der Waals surface area contributed by atoms with E-state index in [1.165, 1.54) is 41.8 Å². The molecule has 0 unspecified atom stereocenters. The Balaban J connectivity index is 1.75. The minimum Gasteiger partial charge on any atom is -0.394 e. The fourth-order valence-electron chi connectivity index (χ4n) is 3.46. The smallest absolute Gasteiger partial charge is 0.0697 e. The van der Waals surface area contributed by atoms with Crippen molar-refractivity contribution in [3.63, 3.8) is 0 Å². The molecule has 162 valence electrons. The Labute approximate surface area is 186 Å². The van der Waals surface area contributed by atoms with E-state index in [-0.39, 0.29) is 13.2 Å². The van der Waals surface area contributed by atoms with Crippen molar-refractivity contribution in [3.05, 3.63) is 57.3 Å². The topological polar surface area (TPSA) is 58.9 Å². The van der Waals surface area contributed by atoms with Crippen LogP contribution in [0.2, 0.25) is 0 Å². The maximum Gasteiger partial charge on any atom is 0.0697 e. The maximum atomic E-state index is 8.87. The van der Waals surface area contributed by atoms with Gasteiger partial charge in [0.15, 0.2) is 0 Å². The molecule has 4 nitrogen and oxygen atoms in total. The summed E-state index contributed by atoms with van der Waals surface area (Å²) < 4.78 is 10.9. The highest BCUT2D eigenvalue weighted by atomic mass is 32.1. The molecule has 3 aromatic rings. The highest BCUT2D eigenvalue weighted by molar-refractivity contribution is 7.16. The molecule has 0 atom stereocenters. The van der Waals surface area contributed by atoms with E-state index >= 15 is 0 Å². The number of thiophene rings is 2. The fourth-order valence-corrected chi connectivity index (χ4v) is 5.60. The minimum atomic E-state index is 0.0642. The molecule has 0 saturated carbocycles. The van der Waals surface area contributed by atoms with Crippen LogP contribution < -0.4 is 0 Å². The van der Waals surface area contributed by atoms with Gasteiger partial charge in [0, 0.05) is 19.5 Å². The van der Waals surface area contributed by atoms with Crippen LogP contribution in [0.1, 0.15) is 20.9 Å². The Bertz CT molecular complexity index is 837. The molecule has 2 heterocycles. The molecule has 30 heavy (non-hydrogen) atoms. The van der Waals surface area contributed by atoms with E-state index in [1.54, 1.807) is 0 Å². The van der Waals surface area contributed by atoms with Gasteiger partial charge >= 0.3 is 0 Å². The summed E-state index contributed by atoms with van der Waals surface area (Å²) in [6.07, 6.45) is 1.70. The van der Waals surface area contributed by atoms with E-state index in [0.717, 1.165) is 12.8 Å². The van der Waals surface area contributed by atoms with E-state index in [0.29, 0.717) is 26.4 Å². The molecule has 0 amide bonds. The third-order valence-corrected chi connectivity index (χ3v) is 7.06. The Kier molecular flexibility index (Phi) is 9.05. The van der Waals surface area contributed by atoms with Gasteiger partial charge in [-0.2, -0.15) is 0 Å². The van der Waals surface area contributed by atoms with Gasteiger partial charge in [0.2, 0.25) is 0 Å². The average Bonchev–Trinajstić information content (AvgIpc) is 3.31. The Morgan fingerprint density at radius 3 is 1.43 bits per heavy atom. The Morgan fingerprint density at radius 2 is 1.07 bits per heavy atom. The van der Waals surface area contributed by atoms with Crippen molar-refractivity contribution in [2.24, 2.45) is 0 Å². The first-order valence-corrected chi connectivity index (χ1v) is 11.9. The molecular formula is C24H30O4S2. The van der Waals surface area contributed by atoms with Crippen LogP contribution >= 0.6 is 22.7 Å². The fraction of sp³-hybridized carbons (Fsp3) is 0.417. The molecule has 1 aromatic carbocycles. The highest BCUT2D eigenvalue weighted by Crippen LogP contribution is 2.37. The zero-order chi connectivity index (χ0) is 21.3. The largest absolute Gasteiger partial charge is 0.394 e. The summed E-state index contributed by atoms with van der Waals surface area (Å²) in [6, 6.07) is 13.3. The Morgan fingerprint density at radius 1 is 0.667 bits per heavy atom. The van der Waals surface area contributed by atoms with Gasteiger partial charge in [-0.1, -0.05) is 24.3 Å². The van der Waals surface area contributed by atoms with Crippen molar-refractivity contribution in [3.8, 4) is 20.9 Å². The predicted molar refractivity (Wildman–Crippen MR) is 126 cm³/mol. The van der Waals surface area contributed by atoms with E-state index in [4.69, 9.17) is 19.7 Å². The van der Waals surface area contributed by atoms with Crippen LogP contribution in [0.15, 0.2) is 36.4 Å². The van der Waals surface area contributed by atoms with Gasteiger partial charge in [0.05, 0.1) is 39.6 Å². The lowest BCUT2D eigenvalue weighted by Gasteiger charge is -2.08. The van der Waals surface area contributed by atoms with Gasteiger partial charge in [-0.05, 0) is 61.1 Å². The van der Waals surface area contributed by atoms with Crippen LogP contribution in [-0.4, -0.2) is 49.9 Å². The van der Waals surface area contributed by atoms with Crippen LogP contribution in [0.3, 0.4) is 0 Å². The number of aliphatic hydroxyl groups excluding tert-OH is 2. The second kappa shape index (κ2) is 11.7. The summed E-state index contributed by atoms with van der Waals surface area (Å²) in [4.78, 5) is 5.19. The van der Waals surface area contributed by atoms with Crippen molar-refractivity contribution in [1.82, 2.24) is 0 Å². The van der Waals surface area contributed by atoms with Crippen molar-refractivity contribution in [1.29, 1.82) is 0 Å². The Hall–Kier alpha value is -1.54. The van der Waals surface area contributed by atoms with E-state index < -0.39 is 0 Å². The number of aliphatic hydroxyl groups is 2. The molecule has 0 fully saturated rings. The molecule has 2 aromatic heterocycles. The monoisotopic (exact) mass is 446 g/mol. The second-order valence-electron chi connectivity index (χ2n) is 7.17. The number of hydrogen-bond donors (Lipinski definition) is 2. The zero-order valence-corrected chi connectivity index (χ0v) is 19.3. The standard InChI is InChI=1S/C24H30O4S2/c1-17-15-21(7-11-27-13-9-25)23(29-17)19-3-5-20(6-4-19)24-22(16-18(2)30-24)8-12-28-14-10-26/h3-6,15-16,25-26H,7-14H2,1-2H3. The zero-order valence-electron chi connectivity index (χ0n) is 17.6. The summed E-state index contributed by atoms with van der Waals surface area (Å²) in [6.45, 7) is 6.43. The SMILES string of the molecule is Cc1cc(CCOCCO)c(-c2ccc(-c3sc(C)cc3CCOCCO)cc2)s1. The summed E-state index contributed by atoms with van der Waals surface area (Å²) in [5.41, 5.74) is 5.07. The number of rotatable bonds is 12. The molecule has 0 bridgehead atoms. The molecule has 0 spiro atoms. The first-order chi connectivity index (χ1) is 14.6. The van der Waals surface area contributed by atoms with Gasteiger partial charge in [-0.25, -0.2) is 0 Å². The molecule has 0 aliphatic heterocycles. The van der Waals surface area contributed by atoms with E-state index in [9.17, 15) is 0 Å². The van der Waals surface area contributed by atoms with Gasteiger partial charge in [-0.3, -0.25) is 0 Å². The van der Waals surface area contributed by atoms with E-state index in [2.05, 4.69) is 50.2 Å². The molecule has 2 N–H and O–H groups in total. The van der Waals surface area contributed by atoms with Gasteiger partial charge < -0.3 is 19.7 Å². The molecular weight excluding hydrogens is 416 g/mol. The summed E-state index contributed by atoms with van der Waals surface area (Å²) in [5, 5.41) is 17.7. The highest BCUT2D eigenvalue weighted by Gasteiger charge is 2.13. The average molecular weight is 447 g/mol. The van der Waals surface area contributed by atoms with Crippen LogP contribution in [0.5, 0.6) is 0 Å². The van der Waals surface area contributed by atoms with Crippen LogP contribution in [0, 0.1) is 13.8 Å².